The van der Waals surface area contributed by atoms with Gasteiger partial charge in [0.2, 0.25) is 0 Å². The lowest BCUT2D eigenvalue weighted by Crippen LogP contribution is -2.13. The zero-order valence-electron chi connectivity index (χ0n) is 13.1. The number of furan rings is 1. The van der Waals surface area contributed by atoms with Gasteiger partial charge in [-0.2, -0.15) is 0 Å². The van der Waals surface area contributed by atoms with Crippen LogP contribution in [0.15, 0.2) is 47.1 Å². The third-order valence-corrected chi connectivity index (χ3v) is 4.39. The Hall–Kier alpha value is -2.93. The van der Waals surface area contributed by atoms with Gasteiger partial charge in [0, 0.05) is 16.1 Å². The number of hydrogen-bond acceptors (Lipinski definition) is 5. The highest BCUT2D eigenvalue weighted by molar-refractivity contribution is 7.15. The van der Waals surface area contributed by atoms with E-state index in [1.165, 1.54) is 17.6 Å². The topological polar surface area (TPSA) is 84.2 Å². The van der Waals surface area contributed by atoms with Crippen LogP contribution in [-0.2, 0) is 0 Å². The second-order valence-electron chi connectivity index (χ2n) is 5.12. The van der Waals surface area contributed by atoms with Gasteiger partial charge in [0.1, 0.15) is 0 Å². The van der Waals surface area contributed by atoms with Crippen molar-refractivity contribution in [1.29, 1.82) is 0 Å². The first-order chi connectivity index (χ1) is 11.5. The maximum Gasteiger partial charge on any atom is 0.291 e. The maximum atomic E-state index is 12.2. The van der Waals surface area contributed by atoms with Gasteiger partial charge in [0.25, 0.3) is 11.8 Å². The second kappa shape index (κ2) is 6.67. The van der Waals surface area contributed by atoms with Crippen molar-refractivity contribution in [1.82, 2.24) is 4.98 Å². The van der Waals surface area contributed by atoms with E-state index in [9.17, 15) is 9.59 Å². The molecule has 0 unspecified atom stereocenters. The van der Waals surface area contributed by atoms with Gasteiger partial charge < -0.3 is 9.73 Å². The summed E-state index contributed by atoms with van der Waals surface area (Å²) in [5.41, 5.74) is 1.97. The van der Waals surface area contributed by atoms with E-state index < -0.39 is 0 Å². The number of thiazole rings is 1. The fourth-order valence-electron chi connectivity index (χ4n) is 2.00. The number of anilines is 2. The van der Waals surface area contributed by atoms with Crippen LogP contribution in [0.2, 0.25) is 0 Å². The number of hydrogen-bond donors (Lipinski definition) is 2. The minimum absolute atomic E-state index is 0.228. The number of carbonyl (C=O) groups excluding carboxylic acids is 2. The van der Waals surface area contributed by atoms with E-state index >= 15 is 0 Å². The molecule has 0 aliphatic heterocycles. The lowest BCUT2D eigenvalue weighted by atomic mass is 10.2. The highest BCUT2D eigenvalue weighted by Gasteiger charge is 2.12. The Balaban J connectivity index is 1.65. The lowest BCUT2D eigenvalue weighted by Gasteiger charge is -2.05. The minimum Gasteiger partial charge on any atom is -0.459 e. The first-order valence-corrected chi connectivity index (χ1v) is 8.05. The van der Waals surface area contributed by atoms with Gasteiger partial charge in [-0.15, -0.1) is 11.3 Å². The predicted molar refractivity (Wildman–Crippen MR) is 92.6 cm³/mol. The molecule has 0 fully saturated rings. The number of nitrogens with one attached hydrogen (secondary N) is 2. The molecule has 2 amide bonds. The summed E-state index contributed by atoms with van der Waals surface area (Å²) in [5, 5.41) is 6.04. The van der Waals surface area contributed by atoms with Crippen LogP contribution in [0, 0.1) is 13.8 Å². The fourth-order valence-corrected chi connectivity index (χ4v) is 2.81. The van der Waals surface area contributed by atoms with Gasteiger partial charge in [-0.3, -0.25) is 14.9 Å². The molecule has 1 aromatic carbocycles. The lowest BCUT2D eigenvalue weighted by molar-refractivity contribution is 0.0995. The molecule has 2 heterocycles. The largest absolute Gasteiger partial charge is 0.459 e. The van der Waals surface area contributed by atoms with E-state index in [-0.39, 0.29) is 17.6 Å². The van der Waals surface area contributed by atoms with E-state index in [0.717, 1.165) is 10.6 Å². The number of aryl methyl sites for hydroxylation is 2. The highest BCUT2D eigenvalue weighted by atomic mass is 32.1. The second-order valence-corrected chi connectivity index (χ2v) is 6.33. The highest BCUT2D eigenvalue weighted by Crippen LogP contribution is 2.22. The number of aromatic nitrogens is 1. The summed E-state index contributed by atoms with van der Waals surface area (Å²) in [6.07, 6.45) is 1.43. The van der Waals surface area contributed by atoms with Gasteiger partial charge >= 0.3 is 0 Å². The molecule has 2 N–H and O–H groups in total. The molecule has 122 valence electrons. The minimum atomic E-state index is -0.342. The molecular formula is C17H15N3O3S. The normalized spacial score (nSPS) is 10.4. The quantitative estimate of drug-likeness (QED) is 0.755. The first-order valence-electron chi connectivity index (χ1n) is 7.23. The zero-order valence-corrected chi connectivity index (χ0v) is 13.9. The molecule has 6 nitrogen and oxygen atoms in total. The van der Waals surface area contributed by atoms with E-state index in [1.54, 1.807) is 36.4 Å². The molecule has 24 heavy (non-hydrogen) atoms. The third-order valence-electron chi connectivity index (χ3n) is 3.40. The molecular weight excluding hydrogens is 326 g/mol. The van der Waals surface area contributed by atoms with E-state index in [4.69, 9.17) is 4.42 Å². The third kappa shape index (κ3) is 3.52. The molecule has 0 bridgehead atoms. The molecule has 0 saturated carbocycles. The van der Waals surface area contributed by atoms with Crippen LogP contribution in [0.5, 0.6) is 0 Å². The van der Waals surface area contributed by atoms with Crippen molar-refractivity contribution < 1.29 is 14.0 Å². The van der Waals surface area contributed by atoms with Crippen molar-refractivity contribution in [3.05, 3.63) is 64.6 Å². The van der Waals surface area contributed by atoms with Crippen LogP contribution in [0.1, 0.15) is 31.5 Å². The average Bonchev–Trinajstić information content (AvgIpc) is 3.19. The number of amides is 2. The van der Waals surface area contributed by atoms with Crippen LogP contribution in [0.4, 0.5) is 10.8 Å². The van der Waals surface area contributed by atoms with Gasteiger partial charge in [-0.05, 0) is 50.2 Å². The van der Waals surface area contributed by atoms with Crippen LogP contribution in [0.25, 0.3) is 0 Å². The Morgan fingerprint density at radius 1 is 1.04 bits per heavy atom. The van der Waals surface area contributed by atoms with Crippen LogP contribution >= 0.6 is 11.3 Å². The van der Waals surface area contributed by atoms with Crippen molar-refractivity contribution >= 4 is 34.0 Å². The number of carbonyl (C=O) groups is 2. The van der Waals surface area contributed by atoms with Gasteiger partial charge in [-0.25, -0.2) is 4.98 Å². The smallest absolute Gasteiger partial charge is 0.291 e. The van der Waals surface area contributed by atoms with E-state index in [0.29, 0.717) is 16.4 Å². The Labute approximate surface area is 142 Å². The van der Waals surface area contributed by atoms with Crippen molar-refractivity contribution in [3.63, 3.8) is 0 Å². The Kier molecular flexibility index (Phi) is 4.43. The summed E-state index contributed by atoms with van der Waals surface area (Å²) in [6, 6.07) is 9.82. The molecule has 0 aliphatic carbocycles. The number of nitrogens with zero attached hydrogens (tertiary/aromatic N) is 1. The van der Waals surface area contributed by atoms with Gasteiger partial charge in [-0.1, -0.05) is 0 Å². The first kappa shape index (κ1) is 15.9. The summed E-state index contributed by atoms with van der Waals surface area (Å²) in [6.45, 7) is 3.86. The van der Waals surface area contributed by atoms with Gasteiger partial charge in [0.15, 0.2) is 10.9 Å². The zero-order chi connectivity index (χ0) is 17.1. The van der Waals surface area contributed by atoms with Crippen molar-refractivity contribution in [2.45, 2.75) is 13.8 Å². The molecule has 0 spiro atoms. The van der Waals surface area contributed by atoms with E-state index in [2.05, 4.69) is 15.6 Å². The van der Waals surface area contributed by atoms with Gasteiger partial charge in [0.05, 0.1) is 12.0 Å². The van der Waals surface area contributed by atoms with Crippen LogP contribution in [0.3, 0.4) is 0 Å². The molecule has 0 radical (unpaired) electrons. The predicted octanol–water partition coefficient (Wildman–Crippen LogP) is 3.86. The molecule has 0 atom stereocenters. The summed E-state index contributed by atoms with van der Waals surface area (Å²) in [7, 11) is 0. The molecule has 0 aliphatic rings. The summed E-state index contributed by atoms with van der Waals surface area (Å²) < 4.78 is 5.03. The Morgan fingerprint density at radius 3 is 2.38 bits per heavy atom. The summed E-state index contributed by atoms with van der Waals surface area (Å²) in [5.74, 6) is -0.357. The van der Waals surface area contributed by atoms with Crippen LogP contribution < -0.4 is 10.6 Å². The number of benzene rings is 1. The van der Waals surface area contributed by atoms with Crippen molar-refractivity contribution in [3.8, 4) is 0 Å². The standard InChI is InChI=1S/C17H15N3O3S/c1-10-11(2)24-17(18-10)20-15(21)12-5-7-13(8-6-12)19-16(22)14-4-3-9-23-14/h3-9H,1-2H3,(H,19,22)(H,18,20,21). The molecule has 0 saturated heterocycles. The van der Waals surface area contributed by atoms with Crippen molar-refractivity contribution in [2.24, 2.45) is 0 Å². The molecule has 3 rings (SSSR count). The SMILES string of the molecule is Cc1nc(NC(=O)c2ccc(NC(=O)c3ccco3)cc2)sc1C. The molecule has 3 aromatic rings. The Bertz CT molecular complexity index is 848. The summed E-state index contributed by atoms with van der Waals surface area (Å²) in [4.78, 5) is 29.4. The fraction of sp³-hybridized carbons (Fsp3) is 0.118. The monoisotopic (exact) mass is 341 g/mol. The molecule has 7 heteroatoms. The Morgan fingerprint density at radius 2 is 1.79 bits per heavy atom. The van der Waals surface area contributed by atoms with E-state index in [1.807, 2.05) is 13.8 Å². The number of rotatable bonds is 4. The maximum absolute atomic E-state index is 12.2. The summed E-state index contributed by atoms with van der Waals surface area (Å²) >= 11 is 1.44. The molecule has 2 aromatic heterocycles. The van der Waals surface area contributed by atoms with Crippen molar-refractivity contribution in [2.75, 3.05) is 10.6 Å². The van der Waals surface area contributed by atoms with Crippen LogP contribution in [-0.4, -0.2) is 16.8 Å². The average molecular weight is 341 g/mol.